The van der Waals surface area contributed by atoms with E-state index in [0.717, 1.165) is 18.5 Å². The summed E-state index contributed by atoms with van der Waals surface area (Å²) in [6, 6.07) is 7.14. The van der Waals surface area contributed by atoms with Gasteiger partial charge in [-0.25, -0.2) is 0 Å². The van der Waals surface area contributed by atoms with Gasteiger partial charge in [-0.15, -0.1) is 0 Å². The Hall–Kier alpha value is -1.64. The second kappa shape index (κ2) is 5.80. The van der Waals surface area contributed by atoms with Crippen LogP contribution in [0.3, 0.4) is 0 Å². The van der Waals surface area contributed by atoms with Crippen LogP contribution < -0.4 is 4.90 Å². The number of hydrogen-bond acceptors (Lipinski definition) is 2. The number of benzene rings is 1. The molecule has 0 fully saturated rings. The van der Waals surface area contributed by atoms with E-state index in [2.05, 4.69) is 20.8 Å². The fourth-order valence-electron chi connectivity index (χ4n) is 1.58. The van der Waals surface area contributed by atoms with Crippen LogP contribution >= 0.6 is 0 Å². The molecule has 1 aromatic carbocycles. The third-order valence-corrected chi connectivity index (χ3v) is 2.86. The van der Waals surface area contributed by atoms with Gasteiger partial charge in [0.2, 0.25) is 6.41 Å². The van der Waals surface area contributed by atoms with Gasteiger partial charge in [0.15, 0.2) is 5.78 Å². The van der Waals surface area contributed by atoms with Crippen LogP contribution in [-0.2, 0) is 4.79 Å². The Morgan fingerprint density at radius 3 is 2.22 bits per heavy atom. The molecule has 0 spiro atoms. The van der Waals surface area contributed by atoms with E-state index in [0.29, 0.717) is 12.0 Å². The molecule has 0 saturated heterocycles. The summed E-state index contributed by atoms with van der Waals surface area (Å²) in [5, 5.41) is 0. The largest absolute Gasteiger partial charge is 0.318 e. The average molecular weight is 247 g/mol. The summed E-state index contributed by atoms with van der Waals surface area (Å²) in [5.74, 6) is 0.158. The molecule has 18 heavy (non-hydrogen) atoms. The predicted octanol–water partition coefficient (Wildman–Crippen LogP) is 3.29. The second-order valence-corrected chi connectivity index (χ2v) is 5.75. The number of nitrogens with zero attached hydrogens (tertiary/aromatic N) is 1. The zero-order valence-corrected chi connectivity index (χ0v) is 11.6. The number of amides is 1. The van der Waals surface area contributed by atoms with E-state index in [4.69, 9.17) is 0 Å². The Bertz CT molecular complexity index is 415. The van der Waals surface area contributed by atoms with Crippen LogP contribution in [-0.4, -0.2) is 19.2 Å². The van der Waals surface area contributed by atoms with Crippen molar-refractivity contribution >= 4 is 17.9 Å². The minimum atomic E-state index is 0.158. The van der Waals surface area contributed by atoms with Crippen LogP contribution in [0.15, 0.2) is 24.3 Å². The van der Waals surface area contributed by atoms with E-state index < -0.39 is 0 Å². The zero-order valence-electron chi connectivity index (χ0n) is 11.6. The summed E-state index contributed by atoms with van der Waals surface area (Å²) >= 11 is 0. The first-order valence-corrected chi connectivity index (χ1v) is 6.15. The average Bonchev–Trinajstić information content (AvgIpc) is 2.34. The third kappa shape index (κ3) is 4.32. The molecule has 0 atom stereocenters. The van der Waals surface area contributed by atoms with Gasteiger partial charge in [0.25, 0.3) is 0 Å². The molecule has 0 saturated carbocycles. The zero-order chi connectivity index (χ0) is 13.8. The maximum absolute atomic E-state index is 12.0. The van der Waals surface area contributed by atoms with Gasteiger partial charge in [-0.2, -0.15) is 0 Å². The molecule has 0 aliphatic heterocycles. The monoisotopic (exact) mass is 247 g/mol. The minimum Gasteiger partial charge on any atom is -0.318 e. The highest BCUT2D eigenvalue weighted by atomic mass is 16.1. The van der Waals surface area contributed by atoms with E-state index in [1.807, 2.05) is 0 Å². The number of carbonyl (C=O) groups is 2. The molecule has 3 nitrogen and oxygen atoms in total. The van der Waals surface area contributed by atoms with Gasteiger partial charge >= 0.3 is 0 Å². The van der Waals surface area contributed by atoms with Gasteiger partial charge in [-0.1, -0.05) is 20.8 Å². The maximum atomic E-state index is 12.0. The van der Waals surface area contributed by atoms with Crippen LogP contribution in [0, 0.1) is 5.41 Å². The van der Waals surface area contributed by atoms with Crippen LogP contribution in [0.4, 0.5) is 5.69 Å². The first kappa shape index (κ1) is 14.4. The molecular formula is C15H21NO2. The first-order chi connectivity index (χ1) is 8.33. The second-order valence-electron chi connectivity index (χ2n) is 5.75. The van der Waals surface area contributed by atoms with Gasteiger partial charge in [-0.3, -0.25) is 9.59 Å². The fourth-order valence-corrected chi connectivity index (χ4v) is 1.58. The number of hydrogen-bond donors (Lipinski definition) is 0. The summed E-state index contributed by atoms with van der Waals surface area (Å²) in [6.45, 7) is 6.38. The summed E-state index contributed by atoms with van der Waals surface area (Å²) < 4.78 is 0. The summed E-state index contributed by atoms with van der Waals surface area (Å²) in [4.78, 5) is 24.0. The highest BCUT2D eigenvalue weighted by Gasteiger charge is 2.14. The molecule has 0 aromatic heterocycles. The number of anilines is 1. The van der Waals surface area contributed by atoms with Crippen molar-refractivity contribution in [2.75, 3.05) is 11.9 Å². The topological polar surface area (TPSA) is 37.4 Å². The molecule has 0 bridgehead atoms. The van der Waals surface area contributed by atoms with Crippen molar-refractivity contribution in [2.45, 2.75) is 33.6 Å². The minimum absolute atomic E-state index is 0.158. The smallest absolute Gasteiger partial charge is 0.213 e. The highest BCUT2D eigenvalue weighted by molar-refractivity contribution is 5.96. The van der Waals surface area contributed by atoms with Crippen molar-refractivity contribution in [2.24, 2.45) is 5.41 Å². The molecule has 1 aromatic rings. The van der Waals surface area contributed by atoms with Crippen molar-refractivity contribution in [3.63, 3.8) is 0 Å². The Morgan fingerprint density at radius 1 is 1.22 bits per heavy atom. The van der Waals surface area contributed by atoms with Crippen molar-refractivity contribution < 1.29 is 9.59 Å². The van der Waals surface area contributed by atoms with E-state index in [1.54, 1.807) is 31.3 Å². The Balaban J connectivity index is 2.68. The normalized spacial score (nSPS) is 11.1. The van der Waals surface area contributed by atoms with Crippen LogP contribution in [0.5, 0.6) is 0 Å². The number of rotatable bonds is 5. The highest BCUT2D eigenvalue weighted by Crippen LogP contribution is 2.22. The molecule has 0 aliphatic rings. The van der Waals surface area contributed by atoms with Gasteiger partial charge < -0.3 is 4.90 Å². The molecule has 0 aliphatic carbocycles. The van der Waals surface area contributed by atoms with Gasteiger partial charge in [0.05, 0.1) is 0 Å². The third-order valence-electron chi connectivity index (χ3n) is 2.86. The molecule has 0 radical (unpaired) electrons. The summed E-state index contributed by atoms with van der Waals surface area (Å²) in [5.41, 5.74) is 1.67. The fraction of sp³-hybridized carbons (Fsp3) is 0.467. The lowest BCUT2D eigenvalue weighted by Gasteiger charge is -2.17. The SMILES string of the molecule is CN(C=O)c1ccc(C(=O)CCC(C)(C)C)cc1. The maximum Gasteiger partial charge on any atom is 0.213 e. The van der Waals surface area contributed by atoms with Crippen molar-refractivity contribution in [1.82, 2.24) is 0 Å². The lowest BCUT2D eigenvalue weighted by molar-refractivity contribution is -0.107. The molecule has 0 unspecified atom stereocenters. The van der Waals surface area contributed by atoms with E-state index in [9.17, 15) is 9.59 Å². The predicted molar refractivity (Wildman–Crippen MR) is 73.9 cm³/mol. The number of ketones is 1. The standard InChI is InChI=1S/C15H21NO2/c1-15(2,3)10-9-14(18)12-5-7-13(8-6-12)16(4)11-17/h5-8,11H,9-10H2,1-4H3. The summed E-state index contributed by atoms with van der Waals surface area (Å²) in [6.07, 6.45) is 2.19. The number of Topliss-reactive ketones (excluding diaryl/α,β-unsaturated/α-hetero) is 1. The molecule has 98 valence electrons. The van der Waals surface area contributed by atoms with Gasteiger partial charge in [0.1, 0.15) is 0 Å². The van der Waals surface area contributed by atoms with Crippen LogP contribution in [0.2, 0.25) is 0 Å². The Labute approximate surface area is 109 Å². The lowest BCUT2D eigenvalue weighted by atomic mass is 9.88. The molecule has 0 N–H and O–H groups in total. The molecule has 1 amide bonds. The van der Waals surface area contributed by atoms with E-state index >= 15 is 0 Å². The van der Waals surface area contributed by atoms with Crippen LogP contribution in [0.25, 0.3) is 0 Å². The first-order valence-electron chi connectivity index (χ1n) is 6.15. The molecule has 0 heterocycles. The van der Waals surface area contributed by atoms with Gasteiger partial charge in [-0.05, 0) is 36.1 Å². The van der Waals surface area contributed by atoms with Crippen molar-refractivity contribution in [3.8, 4) is 0 Å². The molecular weight excluding hydrogens is 226 g/mol. The van der Waals surface area contributed by atoms with E-state index in [-0.39, 0.29) is 11.2 Å². The quantitative estimate of drug-likeness (QED) is 0.591. The molecule has 1 rings (SSSR count). The Morgan fingerprint density at radius 2 is 1.78 bits per heavy atom. The van der Waals surface area contributed by atoms with Gasteiger partial charge in [0, 0.05) is 24.7 Å². The van der Waals surface area contributed by atoms with Crippen LogP contribution in [0.1, 0.15) is 44.0 Å². The molecule has 3 heteroatoms. The van der Waals surface area contributed by atoms with E-state index in [1.165, 1.54) is 4.90 Å². The Kier molecular flexibility index (Phi) is 4.65. The number of carbonyl (C=O) groups excluding carboxylic acids is 2. The summed E-state index contributed by atoms with van der Waals surface area (Å²) in [7, 11) is 1.68. The van der Waals surface area contributed by atoms with Crippen molar-refractivity contribution in [1.29, 1.82) is 0 Å². The lowest BCUT2D eigenvalue weighted by Crippen LogP contribution is -2.14. The van der Waals surface area contributed by atoms with Crippen molar-refractivity contribution in [3.05, 3.63) is 29.8 Å².